The molecule has 0 aliphatic carbocycles. The van der Waals surface area contributed by atoms with Gasteiger partial charge in [-0.05, 0) is 69.4 Å². The highest BCUT2D eigenvalue weighted by Crippen LogP contribution is 2.23. The van der Waals surface area contributed by atoms with Crippen molar-refractivity contribution in [2.75, 3.05) is 13.1 Å². The Hall–Kier alpha value is -3.22. The van der Waals surface area contributed by atoms with Crippen LogP contribution in [0.25, 0.3) is 0 Å². The number of hydrogen-bond donors (Lipinski definition) is 2. The minimum absolute atomic E-state index is 0.00841. The van der Waals surface area contributed by atoms with Crippen LogP contribution in [0.2, 0.25) is 0 Å². The van der Waals surface area contributed by atoms with Crippen molar-refractivity contribution in [3.05, 3.63) is 71.0 Å². The fourth-order valence-electron chi connectivity index (χ4n) is 4.00. The molecule has 0 aromatic heterocycles. The summed E-state index contributed by atoms with van der Waals surface area (Å²) in [5.41, 5.74) is 1.86. The molecule has 1 saturated heterocycles. The molecule has 2 atom stereocenters. The summed E-state index contributed by atoms with van der Waals surface area (Å²) in [7, 11) is 0. The van der Waals surface area contributed by atoms with E-state index in [0.717, 1.165) is 12.0 Å². The SMILES string of the molecule is CC[C@H](C)NC(=O)[C@H](NC(=O)c1ccc(C)cc1)C1CCN(C(=O)c2cccc(F)c2)CC1. The van der Waals surface area contributed by atoms with Gasteiger partial charge in [-0.3, -0.25) is 14.4 Å². The van der Waals surface area contributed by atoms with Gasteiger partial charge in [-0.15, -0.1) is 0 Å². The lowest BCUT2D eigenvalue weighted by Gasteiger charge is -2.36. The number of carbonyl (C=O) groups is 3. The number of piperidine rings is 1. The second-order valence-electron chi connectivity index (χ2n) is 8.78. The molecular formula is C26H32FN3O3. The van der Waals surface area contributed by atoms with Gasteiger partial charge in [0.25, 0.3) is 11.8 Å². The predicted molar refractivity (Wildman–Crippen MR) is 125 cm³/mol. The van der Waals surface area contributed by atoms with Crippen LogP contribution in [0.1, 0.15) is 59.4 Å². The van der Waals surface area contributed by atoms with E-state index in [2.05, 4.69) is 10.6 Å². The minimum atomic E-state index is -0.695. The Kier molecular flexibility index (Phi) is 8.20. The number of rotatable bonds is 7. The molecule has 3 amide bonds. The molecule has 0 radical (unpaired) electrons. The van der Waals surface area contributed by atoms with Crippen LogP contribution in [0.15, 0.2) is 48.5 Å². The third-order valence-electron chi connectivity index (χ3n) is 6.25. The highest BCUT2D eigenvalue weighted by atomic mass is 19.1. The Morgan fingerprint density at radius 2 is 1.70 bits per heavy atom. The zero-order valence-corrected chi connectivity index (χ0v) is 19.4. The standard InChI is InChI=1S/C26H32FN3O3/c1-4-18(3)28-25(32)23(29-24(31)20-10-8-17(2)9-11-20)19-12-14-30(15-13-19)26(33)21-6-5-7-22(27)16-21/h5-11,16,18-19,23H,4,12-15H2,1-3H3,(H,28,32)(H,29,31)/t18-,23+/m0/s1. The van der Waals surface area contributed by atoms with E-state index in [-0.39, 0.29) is 29.7 Å². The summed E-state index contributed by atoms with van der Waals surface area (Å²) in [6.07, 6.45) is 1.91. The molecule has 2 aromatic carbocycles. The highest BCUT2D eigenvalue weighted by molar-refractivity contribution is 5.98. The monoisotopic (exact) mass is 453 g/mol. The molecule has 7 heteroatoms. The maximum absolute atomic E-state index is 13.5. The van der Waals surface area contributed by atoms with Crippen molar-refractivity contribution in [2.45, 2.75) is 52.1 Å². The molecule has 0 spiro atoms. The van der Waals surface area contributed by atoms with E-state index >= 15 is 0 Å². The maximum atomic E-state index is 13.5. The molecule has 1 aliphatic rings. The second kappa shape index (κ2) is 11.1. The number of likely N-dealkylation sites (tertiary alicyclic amines) is 1. The summed E-state index contributed by atoms with van der Waals surface area (Å²) < 4.78 is 13.5. The van der Waals surface area contributed by atoms with E-state index in [1.54, 1.807) is 23.1 Å². The van der Waals surface area contributed by atoms with Crippen LogP contribution in [0.3, 0.4) is 0 Å². The number of halogens is 1. The molecule has 1 heterocycles. The lowest BCUT2D eigenvalue weighted by Crippen LogP contribution is -2.55. The molecule has 1 aliphatic heterocycles. The van der Waals surface area contributed by atoms with Crippen LogP contribution in [-0.4, -0.2) is 47.8 Å². The van der Waals surface area contributed by atoms with E-state index in [1.165, 1.54) is 18.2 Å². The topological polar surface area (TPSA) is 78.5 Å². The van der Waals surface area contributed by atoms with Crippen LogP contribution in [0, 0.1) is 18.7 Å². The summed E-state index contributed by atoms with van der Waals surface area (Å²) in [5, 5.41) is 5.91. The van der Waals surface area contributed by atoms with Crippen molar-refractivity contribution in [1.82, 2.24) is 15.5 Å². The van der Waals surface area contributed by atoms with E-state index in [0.29, 0.717) is 37.1 Å². The number of nitrogens with one attached hydrogen (secondary N) is 2. The number of hydrogen-bond acceptors (Lipinski definition) is 3. The van der Waals surface area contributed by atoms with Crippen LogP contribution >= 0.6 is 0 Å². The smallest absolute Gasteiger partial charge is 0.253 e. The third kappa shape index (κ3) is 6.40. The summed E-state index contributed by atoms with van der Waals surface area (Å²) in [5.74, 6) is -1.29. The van der Waals surface area contributed by atoms with E-state index in [1.807, 2.05) is 32.9 Å². The average molecular weight is 454 g/mol. The number of benzene rings is 2. The molecule has 0 saturated carbocycles. The molecule has 176 valence electrons. The fraction of sp³-hybridized carbons (Fsp3) is 0.423. The van der Waals surface area contributed by atoms with Crippen LogP contribution < -0.4 is 10.6 Å². The Bertz CT molecular complexity index is 985. The Labute approximate surface area is 194 Å². The zero-order chi connectivity index (χ0) is 24.0. The average Bonchev–Trinajstić information content (AvgIpc) is 2.82. The van der Waals surface area contributed by atoms with Crippen molar-refractivity contribution in [1.29, 1.82) is 0 Å². The molecule has 33 heavy (non-hydrogen) atoms. The van der Waals surface area contributed by atoms with Crippen molar-refractivity contribution >= 4 is 17.7 Å². The molecule has 2 aromatic rings. The molecule has 0 bridgehead atoms. The van der Waals surface area contributed by atoms with Crippen LogP contribution in [-0.2, 0) is 4.79 Å². The van der Waals surface area contributed by atoms with Gasteiger partial charge in [-0.2, -0.15) is 0 Å². The van der Waals surface area contributed by atoms with Gasteiger partial charge >= 0.3 is 0 Å². The Morgan fingerprint density at radius 3 is 2.30 bits per heavy atom. The van der Waals surface area contributed by atoms with Crippen molar-refractivity contribution in [3.63, 3.8) is 0 Å². The van der Waals surface area contributed by atoms with Gasteiger partial charge in [0.1, 0.15) is 11.9 Å². The zero-order valence-electron chi connectivity index (χ0n) is 19.4. The fourth-order valence-corrected chi connectivity index (χ4v) is 4.00. The normalized spacial score (nSPS) is 16.1. The Balaban J connectivity index is 1.70. The maximum Gasteiger partial charge on any atom is 0.253 e. The molecule has 0 unspecified atom stereocenters. The van der Waals surface area contributed by atoms with Gasteiger partial charge in [0, 0.05) is 30.3 Å². The van der Waals surface area contributed by atoms with Crippen molar-refractivity contribution in [3.8, 4) is 0 Å². The molecule has 6 nitrogen and oxygen atoms in total. The van der Waals surface area contributed by atoms with Crippen LogP contribution in [0.4, 0.5) is 4.39 Å². The number of carbonyl (C=O) groups excluding carboxylic acids is 3. The molecule has 3 rings (SSSR count). The van der Waals surface area contributed by atoms with Gasteiger partial charge in [0.2, 0.25) is 5.91 Å². The predicted octanol–water partition coefficient (Wildman–Crippen LogP) is 3.70. The van der Waals surface area contributed by atoms with E-state index in [4.69, 9.17) is 0 Å². The highest BCUT2D eigenvalue weighted by Gasteiger charge is 2.34. The van der Waals surface area contributed by atoms with Gasteiger partial charge < -0.3 is 15.5 Å². The lowest BCUT2D eigenvalue weighted by atomic mass is 9.88. The van der Waals surface area contributed by atoms with Gasteiger partial charge in [0.05, 0.1) is 0 Å². The van der Waals surface area contributed by atoms with Crippen molar-refractivity contribution < 1.29 is 18.8 Å². The molecular weight excluding hydrogens is 421 g/mol. The van der Waals surface area contributed by atoms with Crippen LogP contribution in [0.5, 0.6) is 0 Å². The second-order valence-corrected chi connectivity index (χ2v) is 8.78. The summed E-state index contributed by atoms with van der Waals surface area (Å²) in [6, 6.07) is 12.2. The minimum Gasteiger partial charge on any atom is -0.352 e. The van der Waals surface area contributed by atoms with E-state index in [9.17, 15) is 18.8 Å². The summed E-state index contributed by atoms with van der Waals surface area (Å²) >= 11 is 0. The molecule has 1 fully saturated rings. The van der Waals surface area contributed by atoms with E-state index < -0.39 is 11.9 Å². The molecule has 2 N–H and O–H groups in total. The number of amides is 3. The first kappa shape index (κ1) is 24.4. The Morgan fingerprint density at radius 1 is 1.03 bits per heavy atom. The lowest BCUT2D eigenvalue weighted by molar-refractivity contribution is -0.125. The third-order valence-corrected chi connectivity index (χ3v) is 6.25. The van der Waals surface area contributed by atoms with Gasteiger partial charge in [-0.1, -0.05) is 30.7 Å². The number of nitrogens with zero attached hydrogens (tertiary/aromatic N) is 1. The largest absolute Gasteiger partial charge is 0.352 e. The van der Waals surface area contributed by atoms with Gasteiger partial charge in [0.15, 0.2) is 0 Å². The summed E-state index contributed by atoms with van der Waals surface area (Å²) in [4.78, 5) is 40.4. The first-order valence-electron chi connectivity index (χ1n) is 11.5. The summed E-state index contributed by atoms with van der Waals surface area (Å²) in [6.45, 7) is 6.74. The first-order chi connectivity index (χ1) is 15.8. The van der Waals surface area contributed by atoms with Crippen molar-refractivity contribution in [2.24, 2.45) is 5.92 Å². The van der Waals surface area contributed by atoms with Gasteiger partial charge in [-0.25, -0.2) is 4.39 Å². The quantitative estimate of drug-likeness (QED) is 0.671. The first-order valence-corrected chi connectivity index (χ1v) is 11.5. The number of aryl methyl sites for hydroxylation is 1.